The summed E-state index contributed by atoms with van der Waals surface area (Å²) in [5.41, 5.74) is 2.04. The predicted octanol–water partition coefficient (Wildman–Crippen LogP) is 5.71. The van der Waals surface area contributed by atoms with E-state index in [9.17, 15) is 9.59 Å². The number of hydrogen-bond donors (Lipinski definition) is 0. The van der Waals surface area contributed by atoms with E-state index in [2.05, 4.69) is 6.92 Å². The van der Waals surface area contributed by atoms with E-state index in [1.54, 1.807) is 36.4 Å². The number of hydrogen-bond acceptors (Lipinski definition) is 7. The maximum Gasteiger partial charge on any atom is 0.266 e. The molecule has 3 atom stereocenters. The molecule has 204 valence electrons. The Hall–Kier alpha value is -4.04. The van der Waals surface area contributed by atoms with Crippen LogP contribution in [0.15, 0.2) is 72.8 Å². The molecule has 8 nitrogen and oxygen atoms in total. The van der Waals surface area contributed by atoms with Gasteiger partial charge in [0.15, 0.2) is 17.6 Å². The van der Waals surface area contributed by atoms with Gasteiger partial charge in [-0.25, -0.2) is 9.96 Å². The molecule has 2 aliphatic heterocycles. The molecule has 0 spiro atoms. The van der Waals surface area contributed by atoms with E-state index in [0.717, 1.165) is 30.5 Å². The number of ether oxygens (including phenoxy) is 3. The fourth-order valence-corrected chi connectivity index (χ4v) is 5.03. The lowest BCUT2D eigenvalue weighted by Gasteiger charge is -2.29. The van der Waals surface area contributed by atoms with E-state index >= 15 is 0 Å². The number of carbonyl (C=O) groups is 2. The molecule has 2 amide bonds. The zero-order valence-corrected chi connectivity index (χ0v) is 22.5. The van der Waals surface area contributed by atoms with Crippen LogP contribution in [0, 0.1) is 5.92 Å². The summed E-state index contributed by atoms with van der Waals surface area (Å²) in [4.78, 5) is 35.0. The number of methoxy groups -OCH3 is 1. The van der Waals surface area contributed by atoms with Crippen LogP contribution in [0.25, 0.3) is 0 Å². The zero-order chi connectivity index (χ0) is 27.4. The number of hydroxylamine groups is 1. The standard InChI is InChI=1S/C31H34N2O6/c1-4-6-19-38-25-17-12-21(20-26(25)36-3)28-27-29(39-33(28)23-10-8-7-9-11-23)31(35)32(30(27)34)22-13-15-24(16-14-22)37-18-5-2/h7-17,20,27-29H,4-6,18-19H2,1-3H3/t27-,28+,29-/m0/s1. The summed E-state index contributed by atoms with van der Waals surface area (Å²) >= 11 is 0. The molecule has 0 saturated carbocycles. The molecule has 2 fully saturated rings. The number of rotatable bonds is 11. The van der Waals surface area contributed by atoms with Crippen molar-refractivity contribution in [3.05, 3.63) is 78.4 Å². The Bertz CT molecular complexity index is 1300. The van der Waals surface area contributed by atoms with Crippen LogP contribution in [-0.4, -0.2) is 38.2 Å². The lowest BCUT2D eigenvalue weighted by atomic mass is 9.90. The number of fused-ring (bicyclic) bond motifs is 1. The van der Waals surface area contributed by atoms with Gasteiger partial charge in [-0.3, -0.25) is 14.4 Å². The molecule has 0 aromatic heterocycles. The quantitative estimate of drug-likeness (QED) is 0.232. The molecule has 2 saturated heterocycles. The molecule has 0 N–H and O–H groups in total. The average Bonchev–Trinajstić information content (AvgIpc) is 3.48. The molecule has 2 aliphatic rings. The number of unbranched alkanes of at least 4 members (excludes halogenated alkanes) is 1. The molecule has 2 heterocycles. The van der Waals surface area contributed by atoms with E-state index in [1.807, 2.05) is 55.5 Å². The Morgan fingerprint density at radius 2 is 1.56 bits per heavy atom. The van der Waals surface area contributed by atoms with Crippen molar-refractivity contribution in [1.82, 2.24) is 0 Å². The largest absolute Gasteiger partial charge is 0.494 e. The lowest BCUT2D eigenvalue weighted by molar-refractivity contribution is -0.126. The van der Waals surface area contributed by atoms with Gasteiger partial charge in [0.2, 0.25) is 5.91 Å². The molecule has 3 aromatic rings. The summed E-state index contributed by atoms with van der Waals surface area (Å²) in [5.74, 6) is 0.455. The van der Waals surface area contributed by atoms with Gasteiger partial charge in [0.05, 0.1) is 37.7 Å². The average molecular weight is 531 g/mol. The highest BCUT2D eigenvalue weighted by atomic mass is 16.7. The topological polar surface area (TPSA) is 77.5 Å². The second kappa shape index (κ2) is 11.8. The van der Waals surface area contributed by atoms with Crippen molar-refractivity contribution < 1.29 is 28.6 Å². The number of anilines is 2. The van der Waals surface area contributed by atoms with E-state index in [0.29, 0.717) is 36.1 Å². The molecule has 0 bridgehead atoms. The summed E-state index contributed by atoms with van der Waals surface area (Å²) in [6.45, 7) is 5.33. The minimum atomic E-state index is -0.954. The third-order valence-electron chi connectivity index (χ3n) is 6.98. The van der Waals surface area contributed by atoms with Gasteiger partial charge in [0.25, 0.3) is 5.91 Å². The van der Waals surface area contributed by atoms with Gasteiger partial charge < -0.3 is 14.2 Å². The van der Waals surface area contributed by atoms with Gasteiger partial charge >= 0.3 is 0 Å². The summed E-state index contributed by atoms with van der Waals surface area (Å²) < 4.78 is 17.2. The summed E-state index contributed by atoms with van der Waals surface area (Å²) in [6.07, 6.45) is 1.90. The van der Waals surface area contributed by atoms with Crippen molar-refractivity contribution in [3.8, 4) is 17.2 Å². The van der Waals surface area contributed by atoms with Gasteiger partial charge in [-0.1, -0.05) is 44.5 Å². The summed E-state index contributed by atoms with van der Waals surface area (Å²) in [7, 11) is 1.59. The first kappa shape index (κ1) is 26.6. The van der Waals surface area contributed by atoms with E-state index < -0.39 is 18.1 Å². The number of amides is 2. The summed E-state index contributed by atoms with van der Waals surface area (Å²) in [5, 5.41) is 1.68. The van der Waals surface area contributed by atoms with Gasteiger partial charge in [-0.15, -0.1) is 0 Å². The van der Waals surface area contributed by atoms with Crippen LogP contribution in [0.5, 0.6) is 17.2 Å². The van der Waals surface area contributed by atoms with Gasteiger partial charge in [0.1, 0.15) is 11.7 Å². The van der Waals surface area contributed by atoms with Crippen molar-refractivity contribution in [2.75, 3.05) is 30.3 Å². The number of imide groups is 1. The van der Waals surface area contributed by atoms with Crippen LogP contribution < -0.4 is 24.2 Å². The number of carbonyl (C=O) groups excluding carboxylic acids is 2. The minimum Gasteiger partial charge on any atom is -0.494 e. The Morgan fingerprint density at radius 3 is 2.26 bits per heavy atom. The highest BCUT2D eigenvalue weighted by molar-refractivity contribution is 6.23. The van der Waals surface area contributed by atoms with Crippen molar-refractivity contribution >= 4 is 23.2 Å². The summed E-state index contributed by atoms with van der Waals surface area (Å²) in [6, 6.07) is 21.6. The maximum absolute atomic E-state index is 13.9. The van der Waals surface area contributed by atoms with E-state index in [4.69, 9.17) is 19.0 Å². The number of nitrogens with zero attached hydrogens (tertiary/aromatic N) is 2. The van der Waals surface area contributed by atoms with Crippen LogP contribution in [0.2, 0.25) is 0 Å². The minimum absolute atomic E-state index is 0.308. The fraction of sp³-hybridized carbons (Fsp3) is 0.355. The molecule has 0 unspecified atom stereocenters. The Labute approximate surface area is 229 Å². The van der Waals surface area contributed by atoms with Crippen LogP contribution >= 0.6 is 0 Å². The first-order chi connectivity index (χ1) is 19.1. The van der Waals surface area contributed by atoms with Crippen molar-refractivity contribution in [2.24, 2.45) is 5.92 Å². The van der Waals surface area contributed by atoms with Gasteiger partial charge in [0, 0.05) is 0 Å². The molecule has 5 rings (SSSR count). The first-order valence-corrected chi connectivity index (χ1v) is 13.5. The Balaban J connectivity index is 1.49. The normalized spacial score (nSPS) is 20.3. The van der Waals surface area contributed by atoms with Gasteiger partial charge in [-0.05, 0) is 66.9 Å². The third kappa shape index (κ3) is 5.16. The number of para-hydroxylation sites is 1. The predicted molar refractivity (Wildman–Crippen MR) is 148 cm³/mol. The van der Waals surface area contributed by atoms with Crippen LogP contribution in [-0.2, 0) is 14.4 Å². The smallest absolute Gasteiger partial charge is 0.266 e. The molecule has 8 heteroatoms. The Morgan fingerprint density at radius 1 is 0.795 bits per heavy atom. The van der Waals surface area contributed by atoms with Crippen LogP contribution in [0.3, 0.4) is 0 Å². The molecule has 0 aliphatic carbocycles. The zero-order valence-electron chi connectivity index (χ0n) is 22.5. The second-order valence-electron chi connectivity index (χ2n) is 9.62. The van der Waals surface area contributed by atoms with Crippen LogP contribution in [0.4, 0.5) is 11.4 Å². The molecule has 39 heavy (non-hydrogen) atoms. The highest BCUT2D eigenvalue weighted by Crippen LogP contribution is 2.48. The molecule has 3 aromatic carbocycles. The van der Waals surface area contributed by atoms with Crippen LogP contribution in [0.1, 0.15) is 44.7 Å². The fourth-order valence-electron chi connectivity index (χ4n) is 5.03. The van der Waals surface area contributed by atoms with E-state index in [-0.39, 0.29) is 11.8 Å². The monoisotopic (exact) mass is 530 g/mol. The van der Waals surface area contributed by atoms with Crippen molar-refractivity contribution in [2.45, 2.75) is 45.3 Å². The lowest BCUT2D eigenvalue weighted by Crippen LogP contribution is -2.37. The molecular formula is C31H34N2O6. The highest BCUT2D eigenvalue weighted by Gasteiger charge is 2.60. The maximum atomic E-state index is 13.9. The molecule has 0 radical (unpaired) electrons. The van der Waals surface area contributed by atoms with Gasteiger partial charge in [-0.2, -0.15) is 0 Å². The molecular weight excluding hydrogens is 496 g/mol. The Kier molecular flexibility index (Phi) is 8.02. The van der Waals surface area contributed by atoms with Crippen molar-refractivity contribution in [3.63, 3.8) is 0 Å². The number of benzene rings is 3. The second-order valence-corrected chi connectivity index (χ2v) is 9.62. The SMILES string of the molecule is CCCCOc1ccc([C@@H]2[C@@H]3C(=O)N(c4ccc(OCCC)cc4)C(=O)[C@H]3ON2c2ccccc2)cc1OC. The first-order valence-electron chi connectivity index (χ1n) is 13.5. The van der Waals surface area contributed by atoms with Crippen molar-refractivity contribution in [1.29, 1.82) is 0 Å². The third-order valence-corrected chi connectivity index (χ3v) is 6.98. The van der Waals surface area contributed by atoms with E-state index in [1.165, 1.54) is 4.90 Å².